The Kier molecular flexibility index (Phi) is 9.59. The van der Waals surface area contributed by atoms with E-state index in [2.05, 4.69) is 0 Å². The quantitative estimate of drug-likeness (QED) is 0.250. The van der Waals surface area contributed by atoms with Crippen molar-refractivity contribution in [3.63, 3.8) is 0 Å². The number of nitrogens with one attached hydrogen (secondary N) is 1. The van der Waals surface area contributed by atoms with E-state index in [1.165, 1.54) is 48.5 Å². The van der Waals surface area contributed by atoms with Crippen LogP contribution >= 0.6 is 0 Å². The number of ether oxygens (including phenoxy) is 2. The van der Waals surface area contributed by atoms with Crippen molar-refractivity contribution < 1.29 is 36.3 Å². The number of sulfone groups is 1. The number of hydrogen-bond acceptors (Lipinski definition) is 8. The van der Waals surface area contributed by atoms with E-state index < -0.39 is 37.7 Å². The van der Waals surface area contributed by atoms with E-state index in [4.69, 9.17) is 14.7 Å². The molecule has 0 bridgehead atoms. The molecule has 2 aromatic carbocycles. The SMILES string of the molecule is CCOCCN([C@H](C(=O)NO)C(C)C)S(=O)(=O)c1ccc(Oc2ccc(S(C)(=O)=O)cc2)cc1. The summed E-state index contributed by atoms with van der Waals surface area (Å²) in [6.07, 6.45) is 1.10. The van der Waals surface area contributed by atoms with Gasteiger partial charge in [-0.25, -0.2) is 22.3 Å². The monoisotopic (exact) mass is 514 g/mol. The molecule has 12 heteroatoms. The van der Waals surface area contributed by atoms with Gasteiger partial charge in [0.25, 0.3) is 5.91 Å². The van der Waals surface area contributed by atoms with Crippen molar-refractivity contribution in [2.45, 2.75) is 36.6 Å². The topological polar surface area (TPSA) is 139 Å². The summed E-state index contributed by atoms with van der Waals surface area (Å²) >= 11 is 0. The van der Waals surface area contributed by atoms with Gasteiger partial charge in [0.1, 0.15) is 17.5 Å². The van der Waals surface area contributed by atoms with E-state index in [0.29, 0.717) is 18.1 Å². The summed E-state index contributed by atoms with van der Waals surface area (Å²) in [6.45, 7) is 5.49. The Hall–Kier alpha value is -2.51. The van der Waals surface area contributed by atoms with Gasteiger partial charge in [0.05, 0.1) is 16.4 Å². The van der Waals surface area contributed by atoms with Gasteiger partial charge in [0, 0.05) is 19.4 Å². The van der Waals surface area contributed by atoms with Crippen LogP contribution in [0.3, 0.4) is 0 Å². The normalized spacial score (nSPS) is 13.1. The first kappa shape index (κ1) is 27.7. The average Bonchev–Trinajstić information content (AvgIpc) is 2.78. The molecule has 0 heterocycles. The molecular formula is C22H30N2O8S2. The molecule has 2 N–H and O–H groups in total. The highest BCUT2D eigenvalue weighted by molar-refractivity contribution is 7.90. The molecule has 0 saturated heterocycles. The highest BCUT2D eigenvalue weighted by atomic mass is 32.2. The highest BCUT2D eigenvalue weighted by Gasteiger charge is 2.37. The maximum absolute atomic E-state index is 13.4. The van der Waals surface area contributed by atoms with E-state index >= 15 is 0 Å². The minimum Gasteiger partial charge on any atom is -0.457 e. The molecule has 1 amide bonds. The zero-order valence-corrected chi connectivity index (χ0v) is 21.1. The van der Waals surface area contributed by atoms with E-state index in [9.17, 15) is 21.6 Å². The third-order valence-electron chi connectivity index (χ3n) is 4.90. The van der Waals surface area contributed by atoms with Gasteiger partial charge in [-0.3, -0.25) is 10.0 Å². The first-order chi connectivity index (χ1) is 15.9. The van der Waals surface area contributed by atoms with Crippen LogP contribution in [0.4, 0.5) is 0 Å². The number of hydroxylamine groups is 1. The molecule has 0 aliphatic heterocycles. The minimum absolute atomic E-state index is 0.0693. The largest absolute Gasteiger partial charge is 0.457 e. The summed E-state index contributed by atoms with van der Waals surface area (Å²) in [5, 5.41) is 9.15. The van der Waals surface area contributed by atoms with Gasteiger partial charge in [0.15, 0.2) is 9.84 Å². The molecular weight excluding hydrogens is 484 g/mol. The maximum Gasteiger partial charge on any atom is 0.262 e. The molecule has 0 radical (unpaired) electrons. The van der Waals surface area contributed by atoms with Gasteiger partial charge in [-0.2, -0.15) is 4.31 Å². The van der Waals surface area contributed by atoms with Crippen LogP contribution < -0.4 is 10.2 Å². The Morgan fingerprint density at radius 3 is 1.88 bits per heavy atom. The fourth-order valence-corrected chi connectivity index (χ4v) is 5.58. The van der Waals surface area contributed by atoms with Crippen molar-refractivity contribution in [1.82, 2.24) is 9.79 Å². The van der Waals surface area contributed by atoms with Gasteiger partial charge in [-0.1, -0.05) is 13.8 Å². The van der Waals surface area contributed by atoms with Crippen LogP contribution in [0.5, 0.6) is 11.5 Å². The fraction of sp³-hybridized carbons (Fsp3) is 0.409. The van der Waals surface area contributed by atoms with Crippen LogP contribution in [0.2, 0.25) is 0 Å². The van der Waals surface area contributed by atoms with Gasteiger partial charge in [0.2, 0.25) is 10.0 Å². The average molecular weight is 515 g/mol. The van der Waals surface area contributed by atoms with Crippen LogP contribution in [0.1, 0.15) is 20.8 Å². The van der Waals surface area contributed by atoms with Crippen molar-refractivity contribution in [3.05, 3.63) is 48.5 Å². The Bertz CT molecular complexity index is 1160. The summed E-state index contributed by atoms with van der Waals surface area (Å²) in [6, 6.07) is 10.3. The van der Waals surface area contributed by atoms with Gasteiger partial charge in [-0.15, -0.1) is 0 Å². The molecule has 34 heavy (non-hydrogen) atoms. The number of benzene rings is 2. The smallest absolute Gasteiger partial charge is 0.262 e. The van der Waals surface area contributed by atoms with Crippen molar-refractivity contribution in [1.29, 1.82) is 0 Å². The van der Waals surface area contributed by atoms with E-state index in [1.807, 2.05) is 0 Å². The summed E-state index contributed by atoms with van der Waals surface area (Å²) in [5.41, 5.74) is 1.55. The van der Waals surface area contributed by atoms with Crippen LogP contribution in [0.15, 0.2) is 58.3 Å². The number of amides is 1. The molecule has 0 spiro atoms. The third-order valence-corrected chi connectivity index (χ3v) is 7.92. The van der Waals surface area contributed by atoms with Crippen molar-refractivity contribution in [2.75, 3.05) is 26.0 Å². The Morgan fingerprint density at radius 2 is 1.47 bits per heavy atom. The molecule has 1 atom stereocenters. The summed E-state index contributed by atoms with van der Waals surface area (Å²) in [7, 11) is -7.47. The van der Waals surface area contributed by atoms with Crippen molar-refractivity contribution in [2.24, 2.45) is 5.92 Å². The molecule has 10 nitrogen and oxygen atoms in total. The summed E-state index contributed by atoms with van der Waals surface area (Å²) in [5.74, 6) is -0.560. The van der Waals surface area contributed by atoms with Crippen molar-refractivity contribution >= 4 is 25.8 Å². The molecule has 0 aliphatic rings. The molecule has 2 rings (SSSR count). The predicted molar refractivity (Wildman–Crippen MR) is 125 cm³/mol. The van der Waals surface area contributed by atoms with Gasteiger partial charge >= 0.3 is 0 Å². The minimum atomic E-state index is -4.13. The molecule has 0 aromatic heterocycles. The predicted octanol–water partition coefficient (Wildman–Crippen LogP) is 2.44. The lowest BCUT2D eigenvalue weighted by Gasteiger charge is -2.31. The van der Waals surface area contributed by atoms with Crippen molar-refractivity contribution in [3.8, 4) is 11.5 Å². The van der Waals surface area contributed by atoms with Crippen LogP contribution in [0.25, 0.3) is 0 Å². The summed E-state index contributed by atoms with van der Waals surface area (Å²) in [4.78, 5) is 12.4. The zero-order valence-electron chi connectivity index (χ0n) is 19.5. The lowest BCUT2D eigenvalue weighted by Crippen LogP contribution is -2.52. The van der Waals surface area contributed by atoms with E-state index in [1.54, 1.807) is 26.3 Å². The molecule has 0 fully saturated rings. The molecule has 188 valence electrons. The zero-order chi connectivity index (χ0) is 25.5. The Morgan fingerprint density at radius 1 is 0.971 bits per heavy atom. The number of carbonyl (C=O) groups is 1. The first-order valence-electron chi connectivity index (χ1n) is 10.5. The van der Waals surface area contributed by atoms with Gasteiger partial charge in [-0.05, 0) is 61.4 Å². The lowest BCUT2D eigenvalue weighted by atomic mass is 10.0. The molecule has 2 aromatic rings. The second kappa shape index (κ2) is 11.8. The second-order valence-corrected chi connectivity index (χ2v) is 11.7. The fourth-order valence-electron chi connectivity index (χ4n) is 3.25. The van der Waals surface area contributed by atoms with Gasteiger partial charge < -0.3 is 9.47 Å². The number of nitrogens with zero attached hydrogens (tertiary/aromatic N) is 1. The second-order valence-electron chi connectivity index (χ2n) is 7.79. The maximum atomic E-state index is 13.4. The number of carbonyl (C=O) groups excluding carboxylic acids is 1. The Balaban J connectivity index is 2.31. The molecule has 0 saturated carbocycles. The number of sulfonamides is 1. The molecule has 0 aliphatic carbocycles. The van der Waals surface area contributed by atoms with E-state index in [0.717, 1.165) is 10.6 Å². The first-order valence-corrected chi connectivity index (χ1v) is 13.9. The molecule has 0 unspecified atom stereocenters. The van der Waals surface area contributed by atoms with Crippen LogP contribution in [-0.2, 0) is 29.4 Å². The lowest BCUT2D eigenvalue weighted by molar-refractivity contribution is -0.134. The summed E-state index contributed by atoms with van der Waals surface area (Å²) < 4.78 is 61.9. The van der Waals surface area contributed by atoms with Crippen LogP contribution in [0, 0.1) is 5.92 Å². The highest BCUT2D eigenvalue weighted by Crippen LogP contribution is 2.27. The number of hydrogen-bond donors (Lipinski definition) is 2. The number of rotatable bonds is 12. The Labute approximate surface area is 200 Å². The van der Waals surface area contributed by atoms with E-state index in [-0.39, 0.29) is 22.9 Å². The standard InChI is InChI=1S/C22H30N2O8S2/c1-5-31-15-14-24(21(16(2)3)22(25)23-26)34(29,30)20-12-8-18(9-13-20)32-17-6-10-19(11-7-17)33(4,27)28/h6-13,16,21,26H,5,14-15H2,1-4H3,(H,23,25)/t21-/m0/s1. The third kappa shape index (κ3) is 7.00. The van der Waals surface area contributed by atoms with Crippen LogP contribution in [-0.4, -0.2) is 64.3 Å².